The second-order valence-corrected chi connectivity index (χ2v) is 8.26. The number of hydrogen-bond donors (Lipinski definition) is 2. The van der Waals surface area contributed by atoms with Gasteiger partial charge in [-0.3, -0.25) is 9.59 Å². The summed E-state index contributed by atoms with van der Waals surface area (Å²) in [6.07, 6.45) is 3.93. The highest BCUT2D eigenvalue weighted by Crippen LogP contribution is 2.27. The van der Waals surface area contributed by atoms with Crippen molar-refractivity contribution in [1.29, 1.82) is 0 Å². The van der Waals surface area contributed by atoms with Gasteiger partial charge in [0.25, 0.3) is 11.8 Å². The molecule has 0 saturated heterocycles. The van der Waals surface area contributed by atoms with E-state index in [-0.39, 0.29) is 30.5 Å². The van der Waals surface area contributed by atoms with Gasteiger partial charge < -0.3 is 19.9 Å². The van der Waals surface area contributed by atoms with Crippen LogP contribution in [-0.4, -0.2) is 33.0 Å². The molecule has 1 aromatic carbocycles. The average Bonchev–Trinajstić information content (AvgIpc) is 3.23. The van der Waals surface area contributed by atoms with Crippen molar-refractivity contribution in [1.82, 2.24) is 25.2 Å². The van der Waals surface area contributed by atoms with Gasteiger partial charge in [0, 0.05) is 24.0 Å². The van der Waals surface area contributed by atoms with Crippen LogP contribution in [0.25, 0.3) is 0 Å². The summed E-state index contributed by atoms with van der Waals surface area (Å²) in [5, 5.41) is 6.59. The Morgan fingerprint density at radius 2 is 1.91 bits per heavy atom. The van der Waals surface area contributed by atoms with E-state index in [2.05, 4.69) is 20.6 Å². The molecule has 2 aromatic heterocycles. The molecule has 1 aliphatic rings. The van der Waals surface area contributed by atoms with E-state index in [0.29, 0.717) is 47.4 Å². The number of halogens is 1. The fourth-order valence-electron chi connectivity index (χ4n) is 3.97. The molecule has 4 rings (SSSR count). The van der Waals surface area contributed by atoms with Gasteiger partial charge in [0.05, 0.1) is 36.6 Å². The minimum Gasteiger partial charge on any atom is -0.373 e. The molecular formula is C24H26ClN5O3. The molecular weight excluding hydrogens is 442 g/mol. The lowest BCUT2D eigenvalue weighted by molar-refractivity contribution is 0.0774. The van der Waals surface area contributed by atoms with Crippen molar-refractivity contribution >= 4 is 23.4 Å². The van der Waals surface area contributed by atoms with Crippen molar-refractivity contribution in [2.24, 2.45) is 0 Å². The first-order valence-electron chi connectivity index (χ1n) is 10.9. The molecule has 2 N–H and O–H groups in total. The van der Waals surface area contributed by atoms with E-state index in [1.807, 2.05) is 36.6 Å². The maximum atomic E-state index is 13.3. The van der Waals surface area contributed by atoms with Gasteiger partial charge in [0.1, 0.15) is 11.5 Å². The minimum atomic E-state index is -0.383. The fraction of sp³-hybridized carbons (Fsp3) is 0.333. The van der Waals surface area contributed by atoms with Gasteiger partial charge in [-0.05, 0) is 37.1 Å². The van der Waals surface area contributed by atoms with Crippen molar-refractivity contribution in [3.63, 3.8) is 0 Å². The second-order valence-electron chi connectivity index (χ2n) is 7.85. The zero-order chi connectivity index (χ0) is 23.4. The molecule has 8 nitrogen and oxygen atoms in total. The second kappa shape index (κ2) is 10.1. The Bertz CT molecular complexity index is 1150. The van der Waals surface area contributed by atoms with Gasteiger partial charge in [-0.25, -0.2) is 9.97 Å². The van der Waals surface area contributed by atoms with Crippen LogP contribution in [0.4, 0.5) is 0 Å². The standard InChI is InChI=1S/C24H26ClN5O3/c1-3-19(16-7-4-5-8-18(16)25)29-23(31)17-13-20(30-11-12-33-14-21(17)30)24(32)28-15(2)22-26-9-6-10-27-22/h4-10,13,15,19H,3,11-12,14H2,1-2H3,(H,28,32)(H,29,31)/t15?,19-/m1/s1. The molecule has 2 atom stereocenters. The molecule has 0 bridgehead atoms. The number of nitrogens with zero attached hydrogens (tertiary/aromatic N) is 3. The predicted octanol–water partition coefficient (Wildman–Crippen LogP) is 3.83. The topological polar surface area (TPSA) is 98.1 Å². The normalized spacial score (nSPS) is 14.8. The van der Waals surface area contributed by atoms with Crippen molar-refractivity contribution in [3.05, 3.63) is 82.2 Å². The first-order valence-corrected chi connectivity index (χ1v) is 11.3. The van der Waals surface area contributed by atoms with Gasteiger partial charge in [0.15, 0.2) is 0 Å². The molecule has 1 aliphatic heterocycles. The summed E-state index contributed by atoms with van der Waals surface area (Å²) in [6, 6.07) is 10.2. The van der Waals surface area contributed by atoms with E-state index in [9.17, 15) is 9.59 Å². The lowest BCUT2D eigenvalue weighted by Crippen LogP contribution is -2.31. The highest BCUT2D eigenvalue weighted by molar-refractivity contribution is 6.31. The van der Waals surface area contributed by atoms with Gasteiger partial charge >= 0.3 is 0 Å². The summed E-state index contributed by atoms with van der Waals surface area (Å²) in [6.45, 7) is 5.02. The third-order valence-corrected chi connectivity index (χ3v) is 6.04. The fourth-order valence-corrected chi connectivity index (χ4v) is 4.24. The van der Waals surface area contributed by atoms with Crippen LogP contribution in [0, 0.1) is 0 Å². The first kappa shape index (κ1) is 22.9. The maximum absolute atomic E-state index is 13.3. The Balaban J connectivity index is 1.58. The molecule has 33 heavy (non-hydrogen) atoms. The Labute approximate surface area is 197 Å². The summed E-state index contributed by atoms with van der Waals surface area (Å²) in [5.41, 5.74) is 2.37. The number of benzene rings is 1. The molecule has 0 saturated carbocycles. The number of aromatic nitrogens is 3. The molecule has 0 radical (unpaired) electrons. The van der Waals surface area contributed by atoms with E-state index in [0.717, 1.165) is 5.56 Å². The van der Waals surface area contributed by atoms with Crippen LogP contribution in [0.1, 0.15) is 70.3 Å². The van der Waals surface area contributed by atoms with E-state index in [1.165, 1.54) is 0 Å². The van der Waals surface area contributed by atoms with Gasteiger partial charge in [-0.2, -0.15) is 0 Å². The third kappa shape index (κ3) is 4.91. The van der Waals surface area contributed by atoms with Gasteiger partial charge in [-0.15, -0.1) is 0 Å². The smallest absolute Gasteiger partial charge is 0.268 e. The SMILES string of the molecule is CC[C@@H](NC(=O)c1cc(C(=O)NC(C)c2ncccn2)n2c1COCC2)c1ccccc1Cl. The average molecular weight is 468 g/mol. The molecule has 0 spiro atoms. The van der Waals surface area contributed by atoms with Gasteiger partial charge in [0.2, 0.25) is 0 Å². The van der Waals surface area contributed by atoms with Crippen LogP contribution in [0.15, 0.2) is 48.8 Å². The number of carbonyl (C=O) groups excluding carboxylic acids is 2. The molecule has 0 fully saturated rings. The zero-order valence-corrected chi connectivity index (χ0v) is 19.3. The van der Waals surface area contributed by atoms with E-state index < -0.39 is 0 Å². The molecule has 9 heteroatoms. The van der Waals surface area contributed by atoms with E-state index in [1.54, 1.807) is 30.6 Å². The summed E-state index contributed by atoms with van der Waals surface area (Å²) < 4.78 is 7.44. The molecule has 172 valence electrons. The number of ether oxygens (including phenoxy) is 1. The Morgan fingerprint density at radius 3 is 2.64 bits per heavy atom. The Kier molecular flexibility index (Phi) is 7.05. The van der Waals surface area contributed by atoms with Crippen molar-refractivity contribution < 1.29 is 14.3 Å². The largest absolute Gasteiger partial charge is 0.373 e. The number of rotatable bonds is 7. The molecule has 0 aliphatic carbocycles. The third-order valence-electron chi connectivity index (χ3n) is 5.70. The van der Waals surface area contributed by atoms with Crippen molar-refractivity contribution in [2.45, 2.75) is 45.5 Å². The van der Waals surface area contributed by atoms with Gasteiger partial charge in [-0.1, -0.05) is 36.7 Å². The lowest BCUT2D eigenvalue weighted by Gasteiger charge is -2.21. The van der Waals surface area contributed by atoms with Crippen LogP contribution < -0.4 is 10.6 Å². The number of nitrogens with one attached hydrogen (secondary N) is 2. The lowest BCUT2D eigenvalue weighted by atomic mass is 10.0. The molecule has 3 aromatic rings. The first-order chi connectivity index (χ1) is 16.0. The number of amides is 2. The quantitative estimate of drug-likeness (QED) is 0.550. The summed E-state index contributed by atoms with van der Waals surface area (Å²) in [4.78, 5) is 34.8. The molecule has 1 unspecified atom stereocenters. The van der Waals surface area contributed by atoms with Crippen LogP contribution >= 0.6 is 11.6 Å². The summed E-state index contributed by atoms with van der Waals surface area (Å²) >= 11 is 6.35. The monoisotopic (exact) mass is 467 g/mol. The number of fused-ring (bicyclic) bond motifs is 1. The summed E-state index contributed by atoms with van der Waals surface area (Å²) in [7, 11) is 0. The molecule has 3 heterocycles. The summed E-state index contributed by atoms with van der Waals surface area (Å²) in [5.74, 6) is -0.0482. The van der Waals surface area contributed by atoms with E-state index in [4.69, 9.17) is 16.3 Å². The highest BCUT2D eigenvalue weighted by Gasteiger charge is 2.28. The van der Waals surface area contributed by atoms with E-state index >= 15 is 0 Å². The Hall–Kier alpha value is -3.23. The van der Waals surface area contributed by atoms with Crippen LogP contribution in [0.3, 0.4) is 0 Å². The Morgan fingerprint density at radius 1 is 1.15 bits per heavy atom. The minimum absolute atomic E-state index is 0.251. The number of hydrogen-bond acceptors (Lipinski definition) is 5. The highest BCUT2D eigenvalue weighted by atomic mass is 35.5. The molecule has 2 amide bonds. The van der Waals surface area contributed by atoms with Crippen molar-refractivity contribution in [2.75, 3.05) is 6.61 Å². The number of carbonyl (C=O) groups is 2. The van der Waals surface area contributed by atoms with Crippen molar-refractivity contribution in [3.8, 4) is 0 Å². The van der Waals surface area contributed by atoms with Crippen LogP contribution in [0.2, 0.25) is 5.02 Å². The van der Waals surface area contributed by atoms with Crippen LogP contribution in [-0.2, 0) is 17.9 Å². The van der Waals surface area contributed by atoms with Crippen LogP contribution in [0.5, 0.6) is 0 Å². The zero-order valence-electron chi connectivity index (χ0n) is 18.5. The predicted molar refractivity (Wildman–Crippen MR) is 124 cm³/mol. The maximum Gasteiger partial charge on any atom is 0.268 e.